The fraction of sp³-hybridized carbons (Fsp3) is 0. The van der Waals surface area contributed by atoms with E-state index in [1.165, 1.54) is 0 Å². The second kappa shape index (κ2) is 17.0. The van der Waals surface area contributed by atoms with Crippen molar-refractivity contribution in [2.24, 2.45) is 0 Å². The Labute approximate surface area is 445 Å². The Hall–Kier alpha value is -11.0. The number of rotatable bonds is 7. The van der Waals surface area contributed by atoms with Gasteiger partial charge in [0.05, 0.1) is 109 Å². The van der Waals surface area contributed by atoms with Crippen molar-refractivity contribution in [2.45, 2.75) is 0 Å². The molecule has 0 unspecified atom stereocenters. The second-order valence-electron chi connectivity index (χ2n) is 19.6. The van der Waals surface area contributed by atoms with Crippen LogP contribution in [0, 0.1) is 11.3 Å². The van der Waals surface area contributed by atoms with Crippen molar-refractivity contribution in [1.82, 2.24) is 43.2 Å². The molecule has 0 aliphatic rings. The molecule has 0 atom stereocenters. The number of hydrogen-bond donors (Lipinski definition) is 0. The lowest BCUT2D eigenvalue weighted by Gasteiger charge is -2.29. The van der Waals surface area contributed by atoms with E-state index >= 15 is 0 Å². The van der Waals surface area contributed by atoms with Crippen LogP contribution in [-0.4, -0.2) is 43.2 Å². The molecular weight excluding hydrogens is 957 g/mol. The SMILES string of the molecule is N#Cc1c(-c2cc(-c3ccccc3)nc(-c3ccccc3)c2)c(-n2c3ccccc3c3ccncc32)c(-n2c3ccccc3c3ccncc32)c(-n2c3ccccc3c3ccncc32)c1-n1c2ccccc2c2ccncc21. The number of nitrogens with zero attached hydrogens (tertiary/aromatic N) is 10. The maximum atomic E-state index is 12.9. The normalized spacial score (nSPS) is 11.8. The maximum absolute atomic E-state index is 12.9. The van der Waals surface area contributed by atoms with Crippen LogP contribution in [0.2, 0.25) is 0 Å². The molecule has 0 fully saturated rings. The Morgan fingerprint density at radius 1 is 0.295 bits per heavy atom. The van der Waals surface area contributed by atoms with Gasteiger partial charge < -0.3 is 18.3 Å². The summed E-state index contributed by atoms with van der Waals surface area (Å²) in [5.41, 5.74) is 15.5. The summed E-state index contributed by atoms with van der Waals surface area (Å²) in [7, 11) is 0. The van der Waals surface area contributed by atoms with Crippen molar-refractivity contribution >= 4 is 87.2 Å². The van der Waals surface area contributed by atoms with Crippen LogP contribution in [0.4, 0.5) is 0 Å². The van der Waals surface area contributed by atoms with Gasteiger partial charge in [0.2, 0.25) is 0 Å². The monoisotopic (exact) mass is 996 g/mol. The van der Waals surface area contributed by atoms with Gasteiger partial charge in [-0.1, -0.05) is 133 Å². The third-order valence-electron chi connectivity index (χ3n) is 15.6. The molecule has 0 saturated heterocycles. The highest BCUT2D eigenvalue weighted by atomic mass is 15.1. The number of fused-ring (bicyclic) bond motifs is 12. The van der Waals surface area contributed by atoms with Gasteiger partial charge in [-0.2, -0.15) is 5.26 Å². The largest absolute Gasteiger partial charge is 0.305 e. The summed E-state index contributed by atoms with van der Waals surface area (Å²) in [5, 5.41) is 21.1. The van der Waals surface area contributed by atoms with Crippen LogP contribution < -0.4 is 0 Å². The van der Waals surface area contributed by atoms with E-state index in [4.69, 9.17) is 24.9 Å². The van der Waals surface area contributed by atoms with Crippen LogP contribution in [0.1, 0.15) is 5.56 Å². The quantitative estimate of drug-likeness (QED) is 0.157. The van der Waals surface area contributed by atoms with E-state index in [1.807, 2.05) is 86.0 Å². The van der Waals surface area contributed by atoms with Crippen LogP contribution in [0.5, 0.6) is 0 Å². The van der Waals surface area contributed by atoms with E-state index in [0.717, 1.165) is 132 Å². The molecule has 0 bridgehead atoms. The third kappa shape index (κ3) is 6.21. The first kappa shape index (κ1) is 43.4. The molecule has 9 heterocycles. The first-order valence-electron chi connectivity index (χ1n) is 25.8. The van der Waals surface area contributed by atoms with Crippen LogP contribution in [0.15, 0.2) is 244 Å². The number of aromatic nitrogens is 9. The summed E-state index contributed by atoms with van der Waals surface area (Å²) >= 11 is 0. The molecule has 10 nitrogen and oxygen atoms in total. The molecule has 0 aliphatic heterocycles. The summed E-state index contributed by atoms with van der Waals surface area (Å²) in [6, 6.07) is 70.4. The van der Waals surface area contributed by atoms with Gasteiger partial charge in [0.1, 0.15) is 6.07 Å². The van der Waals surface area contributed by atoms with E-state index in [1.54, 1.807) is 0 Å². The molecule has 0 N–H and O–H groups in total. The molecule has 0 spiro atoms. The molecule has 0 aliphatic carbocycles. The van der Waals surface area contributed by atoms with Gasteiger partial charge in [0.25, 0.3) is 0 Å². The number of hydrogen-bond acceptors (Lipinski definition) is 6. The average molecular weight is 997 g/mol. The Bertz CT molecular complexity index is 4900. The minimum absolute atomic E-state index is 0.433. The minimum Gasteiger partial charge on any atom is -0.305 e. The van der Waals surface area contributed by atoms with Crippen molar-refractivity contribution in [3.8, 4) is 62.5 Å². The summed E-state index contributed by atoms with van der Waals surface area (Å²) in [4.78, 5) is 25.0. The Morgan fingerprint density at radius 2 is 0.603 bits per heavy atom. The van der Waals surface area contributed by atoms with Gasteiger partial charge in [0, 0.05) is 84.6 Å². The number of para-hydroxylation sites is 4. The van der Waals surface area contributed by atoms with Crippen LogP contribution in [-0.2, 0) is 0 Å². The predicted molar refractivity (Wildman–Crippen MR) is 314 cm³/mol. The molecule has 7 aromatic carbocycles. The van der Waals surface area contributed by atoms with E-state index in [0.29, 0.717) is 16.8 Å². The zero-order chi connectivity index (χ0) is 51.4. The van der Waals surface area contributed by atoms with Gasteiger partial charge >= 0.3 is 0 Å². The molecule has 78 heavy (non-hydrogen) atoms. The van der Waals surface area contributed by atoms with Gasteiger partial charge in [-0.3, -0.25) is 19.9 Å². The molecular formula is C68H40N10. The molecule has 16 aromatic rings. The second-order valence-corrected chi connectivity index (χ2v) is 19.6. The molecule has 10 heteroatoms. The fourth-order valence-electron chi connectivity index (χ4n) is 12.4. The topological polar surface area (TPSA) is 108 Å². The highest BCUT2D eigenvalue weighted by Crippen LogP contribution is 2.52. The summed E-state index contributed by atoms with van der Waals surface area (Å²) in [6.07, 6.45) is 15.2. The third-order valence-corrected chi connectivity index (χ3v) is 15.6. The molecule has 9 aromatic heterocycles. The Kier molecular flexibility index (Phi) is 9.46. The average Bonchev–Trinajstić information content (AvgIpc) is 4.42. The first-order chi connectivity index (χ1) is 38.7. The van der Waals surface area contributed by atoms with Crippen LogP contribution >= 0.6 is 0 Å². The molecule has 0 radical (unpaired) electrons. The molecule has 362 valence electrons. The van der Waals surface area contributed by atoms with Crippen molar-refractivity contribution < 1.29 is 0 Å². The van der Waals surface area contributed by atoms with Gasteiger partial charge in [-0.15, -0.1) is 0 Å². The molecule has 0 amide bonds. The van der Waals surface area contributed by atoms with Gasteiger partial charge in [0.15, 0.2) is 0 Å². The molecule has 16 rings (SSSR count). The smallest absolute Gasteiger partial charge is 0.102 e. The summed E-state index contributed by atoms with van der Waals surface area (Å²) < 4.78 is 9.34. The van der Waals surface area contributed by atoms with E-state index < -0.39 is 0 Å². The number of nitriles is 1. The standard InChI is InChI=1S/C68H40N10/c69-37-53-64(44-35-54(42-15-3-1-4-16-42)74-55(36-44)43-17-5-2-6-18-43)66(76-57-24-12-8-20-46(57)50-28-32-71-39-61(50)76)68(78-59-26-14-10-22-48(59)52-30-34-73-41-63(52)78)67(77-58-25-13-9-21-47(58)51-29-33-72-40-62(51)77)65(53)75-56-23-11-7-19-45(56)49-27-31-70-38-60(49)75/h1-36,38-41H. The van der Waals surface area contributed by atoms with Gasteiger partial charge in [-0.05, 0) is 66.2 Å². The van der Waals surface area contributed by atoms with E-state index in [2.05, 4.69) is 182 Å². The zero-order valence-corrected chi connectivity index (χ0v) is 41.6. The first-order valence-corrected chi connectivity index (χ1v) is 25.8. The lowest BCUT2D eigenvalue weighted by Crippen LogP contribution is -2.17. The maximum Gasteiger partial charge on any atom is 0.102 e. The zero-order valence-electron chi connectivity index (χ0n) is 41.6. The lowest BCUT2D eigenvalue weighted by atomic mass is 9.91. The molecule has 0 saturated carbocycles. The minimum atomic E-state index is 0.433. The Morgan fingerprint density at radius 3 is 0.974 bits per heavy atom. The van der Waals surface area contributed by atoms with Crippen molar-refractivity contribution in [1.29, 1.82) is 5.26 Å². The highest BCUT2D eigenvalue weighted by molar-refractivity contribution is 6.17. The predicted octanol–water partition coefficient (Wildman–Crippen LogP) is 15.9. The van der Waals surface area contributed by atoms with E-state index in [-0.39, 0.29) is 0 Å². The van der Waals surface area contributed by atoms with Crippen molar-refractivity contribution in [3.05, 3.63) is 249 Å². The fourth-order valence-corrected chi connectivity index (χ4v) is 12.4. The summed E-state index contributed by atoms with van der Waals surface area (Å²) in [5.74, 6) is 0. The van der Waals surface area contributed by atoms with Crippen molar-refractivity contribution in [2.75, 3.05) is 0 Å². The van der Waals surface area contributed by atoms with Crippen molar-refractivity contribution in [3.63, 3.8) is 0 Å². The highest BCUT2D eigenvalue weighted by Gasteiger charge is 2.35. The van der Waals surface area contributed by atoms with Crippen LogP contribution in [0.25, 0.3) is 144 Å². The van der Waals surface area contributed by atoms with Crippen LogP contribution in [0.3, 0.4) is 0 Å². The van der Waals surface area contributed by atoms with Gasteiger partial charge in [-0.25, -0.2) is 4.98 Å². The lowest BCUT2D eigenvalue weighted by molar-refractivity contribution is 1.01. The Balaban J connectivity index is 1.27. The van der Waals surface area contributed by atoms with E-state index in [9.17, 15) is 5.26 Å². The number of benzene rings is 7. The summed E-state index contributed by atoms with van der Waals surface area (Å²) in [6.45, 7) is 0. The number of pyridine rings is 5.